The molecule has 0 bridgehead atoms. The number of ether oxygens (including phenoxy) is 6. The smallest absolute Gasteiger partial charge is 0.340 e. The van der Waals surface area contributed by atoms with Crippen molar-refractivity contribution in [2.24, 2.45) is 0 Å². The van der Waals surface area contributed by atoms with Gasteiger partial charge in [0.05, 0.1) is 31.5 Å². The molecule has 4 fully saturated rings. The van der Waals surface area contributed by atoms with E-state index in [-0.39, 0.29) is 12.2 Å². The first-order chi connectivity index (χ1) is 21.4. The summed E-state index contributed by atoms with van der Waals surface area (Å²) in [6.07, 6.45) is 1.84. The topological polar surface area (TPSA) is 103 Å². The molecular formula is C36H32O8. The van der Waals surface area contributed by atoms with Crippen molar-refractivity contribution < 1.29 is 38.0 Å². The van der Waals surface area contributed by atoms with Gasteiger partial charge in [0.2, 0.25) is 6.29 Å². The molecule has 8 nitrogen and oxygen atoms in total. The minimum Gasteiger partial charge on any atom is -0.430 e. The van der Waals surface area contributed by atoms with Crippen molar-refractivity contribution in [3.05, 3.63) is 94.1 Å². The van der Waals surface area contributed by atoms with E-state index in [0.717, 1.165) is 63.3 Å². The summed E-state index contributed by atoms with van der Waals surface area (Å²) >= 11 is 0. The van der Waals surface area contributed by atoms with E-state index in [0.29, 0.717) is 42.8 Å². The zero-order chi connectivity index (χ0) is 29.9. The van der Waals surface area contributed by atoms with Crippen molar-refractivity contribution in [2.45, 2.75) is 51.3 Å². The number of rotatable bonds is 10. The number of epoxide rings is 4. The number of allylic oxidation sites excluding steroid dienone is 1. The summed E-state index contributed by atoms with van der Waals surface area (Å²) in [5.41, 5.74) is 6.07. The third-order valence-electron chi connectivity index (χ3n) is 8.89. The van der Waals surface area contributed by atoms with Crippen LogP contribution in [0, 0.1) is 0 Å². The molecule has 8 rings (SSSR count). The fraction of sp³-hybridized carbons (Fsp3) is 0.333. The largest absolute Gasteiger partial charge is 0.430 e. The minimum atomic E-state index is -0.461. The van der Waals surface area contributed by atoms with E-state index < -0.39 is 18.2 Å². The Labute approximate surface area is 254 Å². The lowest BCUT2D eigenvalue weighted by Gasteiger charge is -2.16. The molecule has 4 heterocycles. The van der Waals surface area contributed by atoms with Crippen LogP contribution < -0.4 is 4.74 Å². The molecule has 0 amide bonds. The zero-order valence-electron chi connectivity index (χ0n) is 24.6. The maximum Gasteiger partial charge on any atom is 0.340 e. The summed E-state index contributed by atoms with van der Waals surface area (Å²) in [7, 11) is 0. The summed E-state index contributed by atoms with van der Waals surface area (Å²) in [6.45, 7) is 6.35. The first-order valence-electron chi connectivity index (χ1n) is 15.1. The number of hydrogen-bond donors (Lipinski definition) is 0. The molecule has 4 unspecified atom stereocenters. The summed E-state index contributed by atoms with van der Waals surface area (Å²) in [5.74, 6) is -0.311. The molecule has 224 valence electrons. The van der Waals surface area contributed by atoms with Gasteiger partial charge in [0.25, 0.3) is 0 Å². The Hall–Kier alpha value is -4.08. The molecule has 4 aromatic carbocycles. The Bertz CT molecular complexity index is 1860. The lowest BCUT2D eigenvalue weighted by Crippen LogP contribution is -2.11. The Morgan fingerprint density at radius 1 is 0.818 bits per heavy atom. The molecule has 0 aromatic heterocycles. The van der Waals surface area contributed by atoms with E-state index in [9.17, 15) is 9.59 Å². The van der Waals surface area contributed by atoms with Gasteiger partial charge in [0.15, 0.2) is 0 Å². The van der Waals surface area contributed by atoms with E-state index in [1.807, 2.05) is 43.3 Å². The predicted octanol–water partition coefficient (Wildman–Crippen LogP) is 6.38. The maximum absolute atomic E-state index is 13.5. The molecule has 0 spiro atoms. The van der Waals surface area contributed by atoms with E-state index in [4.69, 9.17) is 28.4 Å². The highest BCUT2D eigenvalue weighted by Crippen LogP contribution is 2.42. The monoisotopic (exact) mass is 592 g/mol. The van der Waals surface area contributed by atoms with Gasteiger partial charge in [-0.3, -0.25) is 0 Å². The lowest BCUT2D eigenvalue weighted by atomic mass is 9.88. The Balaban J connectivity index is 1.14. The maximum atomic E-state index is 13.5. The zero-order valence-corrected chi connectivity index (χ0v) is 24.6. The molecule has 4 aromatic rings. The van der Waals surface area contributed by atoms with Crippen LogP contribution in [0.15, 0.2) is 66.2 Å². The summed E-state index contributed by atoms with van der Waals surface area (Å²) in [4.78, 5) is 26.3. The molecule has 0 N–H and O–H groups in total. The molecule has 8 heteroatoms. The number of esters is 2. The van der Waals surface area contributed by atoms with Gasteiger partial charge in [-0.1, -0.05) is 30.3 Å². The van der Waals surface area contributed by atoms with E-state index in [1.54, 1.807) is 13.0 Å². The normalized spacial score (nSPS) is 23.7. The van der Waals surface area contributed by atoms with Crippen LogP contribution in [0.25, 0.3) is 27.1 Å². The van der Waals surface area contributed by atoms with Gasteiger partial charge in [0.1, 0.15) is 24.6 Å². The Morgan fingerprint density at radius 2 is 1.59 bits per heavy atom. The fourth-order valence-corrected chi connectivity index (χ4v) is 5.94. The molecule has 4 atom stereocenters. The molecule has 4 saturated heterocycles. The van der Waals surface area contributed by atoms with Crippen LogP contribution in [0.1, 0.15) is 65.1 Å². The molecule has 0 radical (unpaired) electrons. The van der Waals surface area contributed by atoms with Gasteiger partial charge in [-0.05, 0) is 106 Å². The second kappa shape index (κ2) is 10.8. The summed E-state index contributed by atoms with van der Waals surface area (Å²) in [6, 6.07) is 19.6. The van der Waals surface area contributed by atoms with Crippen LogP contribution in [-0.2, 0) is 34.9 Å². The molecular weight excluding hydrogens is 560 g/mol. The standard InChI is InChI=1S/C36H32O8/c1-19(20(2)35(37)43-24-10-8-21(9-11-25-15-39-25)29(14-24)32-17-41-32)28-12-22-6-7-23(36(38)44-33-18-42-33)13-30(22)34-26(28)4-3-5-27(34)31-16-40-31/h3-8,10,12-14,25,31-33H,9,11,15-18H2,1-2H3. The number of hydrogen-bond acceptors (Lipinski definition) is 8. The highest BCUT2D eigenvalue weighted by Gasteiger charge is 2.31. The van der Waals surface area contributed by atoms with E-state index in [2.05, 4.69) is 18.2 Å². The number of benzene rings is 4. The summed E-state index contributed by atoms with van der Waals surface area (Å²) in [5, 5.41) is 3.85. The first-order valence-corrected chi connectivity index (χ1v) is 15.1. The molecule has 0 saturated carbocycles. The quantitative estimate of drug-likeness (QED) is 0.0687. The van der Waals surface area contributed by atoms with E-state index in [1.165, 1.54) is 5.56 Å². The third kappa shape index (κ3) is 5.50. The van der Waals surface area contributed by atoms with Crippen molar-refractivity contribution in [3.8, 4) is 5.75 Å². The molecule has 4 aliphatic rings. The number of fused-ring (bicyclic) bond motifs is 3. The molecule has 44 heavy (non-hydrogen) atoms. The second-order valence-electron chi connectivity index (χ2n) is 11.9. The Morgan fingerprint density at radius 3 is 2.32 bits per heavy atom. The van der Waals surface area contributed by atoms with Crippen LogP contribution in [0.5, 0.6) is 5.75 Å². The van der Waals surface area contributed by atoms with Crippen molar-refractivity contribution in [1.82, 2.24) is 0 Å². The van der Waals surface area contributed by atoms with Gasteiger partial charge >= 0.3 is 11.9 Å². The number of aryl methyl sites for hydroxylation is 1. The van der Waals surface area contributed by atoms with Gasteiger partial charge < -0.3 is 28.4 Å². The van der Waals surface area contributed by atoms with Crippen molar-refractivity contribution in [3.63, 3.8) is 0 Å². The van der Waals surface area contributed by atoms with Crippen LogP contribution in [0.3, 0.4) is 0 Å². The summed E-state index contributed by atoms with van der Waals surface area (Å²) < 4.78 is 33.0. The average Bonchev–Trinajstić information content (AvgIpc) is 3.84. The second-order valence-corrected chi connectivity index (χ2v) is 11.9. The highest BCUT2D eigenvalue weighted by atomic mass is 16.8. The van der Waals surface area contributed by atoms with Gasteiger partial charge in [-0.15, -0.1) is 0 Å². The van der Waals surface area contributed by atoms with Crippen molar-refractivity contribution in [2.75, 3.05) is 26.4 Å². The number of carbonyl (C=O) groups is 2. The van der Waals surface area contributed by atoms with Crippen molar-refractivity contribution >= 4 is 39.1 Å². The molecule has 0 aliphatic carbocycles. The SMILES string of the molecule is CC(C(=O)Oc1ccc(CCC2CO2)c(C2CO2)c1)=C(C)c1cc2ccc(C(=O)OC3CO3)cc2c2c(C3CO3)cccc12. The van der Waals surface area contributed by atoms with Crippen LogP contribution in [0.4, 0.5) is 0 Å². The minimum absolute atomic E-state index is 0.00705. The van der Waals surface area contributed by atoms with Gasteiger partial charge in [0, 0.05) is 5.57 Å². The van der Waals surface area contributed by atoms with Crippen molar-refractivity contribution in [1.29, 1.82) is 0 Å². The van der Waals surface area contributed by atoms with Gasteiger partial charge in [-0.2, -0.15) is 0 Å². The Kier molecular flexibility index (Phi) is 6.75. The first kappa shape index (κ1) is 27.5. The van der Waals surface area contributed by atoms with Crippen LogP contribution in [0.2, 0.25) is 0 Å². The van der Waals surface area contributed by atoms with Crippen LogP contribution in [-0.4, -0.2) is 50.8 Å². The lowest BCUT2D eigenvalue weighted by molar-refractivity contribution is -0.130. The number of carbonyl (C=O) groups excluding carboxylic acids is 2. The van der Waals surface area contributed by atoms with E-state index >= 15 is 0 Å². The third-order valence-corrected chi connectivity index (χ3v) is 8.89. The molecule has 4 aliphatic heterocycles. The highest BCUT2D eigenvalue weighted by molar-refractivity contribution is 6.16. The van der Waals surface area contributed by atoms with Gasteiger partial charge in [-0.25, -0.2) is 9.59 Å². The predicted molar refractivity (Wildman–Crippen MR) is 162 cm³/mol. The van der Waals surface area contributed by atoms with Crippen LogP contribution >= 0.6 is 0 Å². The average molecular weight is 593 g/mol. The fourth-order valence-electron chi connectivity index (χ4n) is 5.94.